The average Bonchev–Trinajstić information content (AvgIpc) is 2.46. The van der Waals surface area contributed by atoms with Crippen molar-refractivity contribution in [1.29, 1.82) is 0 Å². The second-order valence-electron chi connectivity index (χ2n) is 5.10. The minimum Gasteiger partial charge on any atom is -0.384 e. The lowest BCUT2D eigenvalue weighted by molar-refractivity contribution is -0.115. The predicted octanol–water partition coefficient (Wildman–Crippen LogP) is 5.16. The number of amides is 1. The van der Waals surface area contributed by atoms with E-state index in [0.29, 0.717) is 18.0 Å². The molecule has 0 aliphatic heterocycles. The average molecular weight is 382 g/mol. The molecular formula is C17H18BrClN2O. The summed E-state index contributed by atoms with van der Waals surface area (Å²) in [5.74, 6) is -0.0346. The number of rotatable bonds is 5. The summed E-state index contributed by atoms with van der Waals surface area (Å²) in [5, 5.41) is 6.82. The molecule has 0 spiro atoms. The van der Waals surface area contributed by atoms with Gasteiger partial charge in [0, 0.05) is 33.8 Å². The summed E-state index contributed by atoms with van der Waals surface area (Å²) in [5.41, 5.74) is 3.82. The molecule has 2 N–H and O–H groups in total. The molecule has 0 atom stereocenters. The molecule has 3 nitrogen and oxygen atoms in total. The molecule has 116 valence electrons. The Hall–Kier alpha value is -1.52. The summed E-state index contributed by atoms with van der Waals surface area (Å²) >= 11 is 9.48. The molecule has 2 aromatic rings. The fourth-order valence-corrected chi connectivity index (χ4v) is 2.74. The zero-order valence-electron chi connectivity index (χ0n) is 12.5. The van der Waals surface area contributed by atoms with Crippen molar-refractivity contribution in [2.24, 2.45) is 0 Å². The van der Waals surface area contributed by atoms with E-state index in [0.717, 1.165) is 27.0 Å². The highest BCUT2D eigenvalue weighted by Crippen LogP contribution is 2.23. The number of halogens is 2. The van der Waals surface area contributed by atoms with Gasteiger partial charge in [-0.3, -0.25) is 4.79 Å². The smallest absolute Gasteiger partial charge is 0.226 e. The van der Waals surface area contributed by atoms with Gasteiger partial charge in [-0.25, -0.2) is 0 Å². The van der Waals surface area contributed by atoms with Crippen LogP contribution in [0.3, 0.4) is 0 Å². The summed E-state index contributed by atoms with van der Waals surface area (Å²) in [6.45, 7) is 4.50. The van der Waals surface area contributed by atoms with Crippen LogP contribution in [0, 0.1) is 13.8 Å². The van der Waals surface area contributed by atoms with Crippen molar-refractivity contribution in [2.75, 3.05) is 17.2 Å². The molecule has 5 heteroatoms. The van der Waals surface area contributed by atoms with Crippen molar-refractivity contribution in [1.82, 2.24) is 0 Å². The molecule has 2 rings (SSSR count). The van der Waals surface area contributed by atoms with Crippen molar-refractivity contribution >= 4 is 44.8 Å². The van der Waals surface area contributed by atoms with Crippen LogP contribution in [0.15, 0.2) is 40.9 Å². The molecule has 0 bridgehead atoms. The standard InChI is InChI=1S/C17H18BrClN2O/c1-11-10-13(18)6-7-15(11)20-9-8-17(22)21-16-5-3-4-14(19)12(16)2/h3-7,10,20H,8-9H2,1-2H3,(H,21,22). The Balaban J connectivity index is 1.87. The lowest BCUT2D eigenvalue weighted by atomic mass is 10.2. The SMILES string of the molecule is Cc1cc(Br)ccc1NCCC(=O)Nc1cccc(Cl)c1C. The Kier molecular flexibility index (Phi) is 5.86. The molecule has 0 saturated carbocycles. The van der Waals surface area contributed by atoms with Crippen molar-refractivity contribution in [2.45, 2.75) is 20.3 Å². The second-order valence-corrected chi connectivity index (χ2v) is 6.42. The maximum absolute atomic E-state index is 12.0. The minimum atomic E-state index is -0.0346. The maximum atomic E-state index is 12.0. The van der Waals surface area contributed by atoms with Crippen LogP contribution >= 0.6 is 27.5 Å². The van der Waals surface area contributed by atoms with Gasteiger partial charge in [-0.15, -0.1) is 0 Å². The quantitative estimate of drug-likeness (QED) is 0.751. The van der Waals surface area contributed by atoms with E-state index in [2.05, 4.69) is 26.6 Å². The van der Waals surface area contributed by atoms with Crippen LogP contribution in [-0.4, -0.2) is 12.5 Å². The van der Waals surface area contributed by atoms with Gasteiger partial charge in [-0.2, -0.15) is 0 Å². The van der Waals surface area contributed by atoms with Crippen LogP contribution in [-0.2, 0) is 4.79 Å². The number of carbonyl (C=O) groups is 1. The molecule has 0 radical (unpaired) electrons. The van der Waals surface area contributed by atoms with Gasteiger partial charge in [-0.05, 0) is 55.3 Å². The Bertz CT molecular complexity index is 688. The van der Waals surface area contributed by atoms with Crippen LogP contribution in [0.1, 0.15) is 17.5 Å². The number of aryl methyl sites for hydroxylation is 1. The zero-order chi connectivity index (χ0) is 16.1. The van der Waals surface area contributed by atoms with E-state index < -0.39 is 0 Å². The van der Waals surface area contributed by atoms with E-state index in [-0.39, 0.29) is 5.91 Å². The summed E-state index contributed by atoms with van der Waals surface area (Å²) in [6, 6.07) is 11.5. The van der Waals surface area contributed by atoms with E-state index >= 15 is 0 Å². The van der Waals surface area contributed by atoms with Crippen LogP contribution in [0.4, 0.5) is 11.4 Å². The number of carbonyl (C=O) groups excluding carboxylic acids is 1. The zero-order valence-corrected chi connectivity index (χ0v) is 14.9. The third-order valence-corrected chi connectivity index (χ3v) is 4.30. The molecule has 0 unspecified atom stereocenters. The number of nitrogens with one attached hydrogen (secondary N) is 2. The summed E-state index contributed by atoms with van der Waals surface area (Å²) in [6.07, 6.45) is 0.390. The lowest BCUT2D eigenvalue weighted by Gasteiger charge is -2.11. The van der Waals surface area contributed by atoms with Crippen molar-refractivity contribution in [3.63, 3.8) is 0 Å². The molecule has 0 heterocycles. The number of hydrogen-bond donors (Lipinski definition) is 2. The Labute approximate surface area is 144 Å². The Morgan fingerprint density at radius 3 is 2.68 bits per heavy atom. The highest BCUT2D eigenvalue weighted by atomic mass is 79.9. The maximum Gasteiger partial charge on any atom is 0.226 e. The van der Waals surface area contributed by atoms with Crippen molar-refractivity contribution < 1.29 is 4.79 Å². The fraction of sp³-hybridized carbons (Fsp3) is 0.235. The van der Waals surface area contributed by atoms with Crippen molar-refractivity contribution in [3.05, 3.63) is 57.0 Å². The molecule has 0 aliphatic rings. The largest absolute Gasteiger partial charge is 0.384 e. The molecular weight excluding hydrogens is 364 g/mol. The first-order chi connectivity index (χ1) is 10.5. The molecule has 0 fully saturated rings. The fourth-order valence-electron chi connectivity index (χ4n) is 2.09. The Morgan fingerprint density at radius 1 is 1.18 bits per heavy atom. The summed E-state index contributed by atoms with van der Waals surface area (Å²) in [7, 11) is 0. The normalized spacial score (nSPS) is 10.4. The van der Waals surface area contributed by atoms with Crippen LogP contribution in [0.2, 0.25) is 5.02 Å². The molecule has 2 aromatic carbocycles. The molecule has 1 amide bonds. The van der Waals surface area contributed by atoms with E-state index in [1.54, 1.807) is 0 Å². The number of benzene rings is 2. The molecule has 22 heavy (non-hydrogen) atoms. The van der Waals surface area contributed by atoms with E-state index in [1.807, 2.05) is 50.2 Å². The van der Waals surface area contributed by atoms with Crippen LogP contribution in [0.5, 0.6) is 0 Å². The lowest BCUT2D eigenvalue weighted by Crippen LogP contribution is -2.17. The van der Waals surface area contributed by atoms with Gasteiger partial charge < -0.3 is 10.6 Å². The monoisotopic (exact) mass is 380 g/mol. The molecule has 0 aromatic heterocycles. The van der Waals surface area contributed by atoms with Gasteiger partial charge >= 0.3 is 0 Å². The Morgan fingerprint density at radius 2 is 1.95 bits per heavy atom. The first-order valence-corrected chi connectivity index (χ1v) is 8.19. The minimum absolute atomic E-state index is 0.0346. The van der Waals surface area contributed by atoms with Gasteiger partial charge in [0.05, 0.1) is 0 Å². The predicted molar refractivity (Wildman–Crippen MR) is 96.8 cm³/mol. The molecule has 0 saturated heterocycles. The van der Waals surface area contributed by atoms with Gasteiger partial charge in [0.25, 0.3) is 0 Å². The first kappa shape index (κ1) is 16.8. The molecule has 0 aliphatic carbocycles. The van der Waals surface area contributed by atoms with E-state index in [1.165, 1.54) is 0 Å². The van der Waals surface area contributed by atoms with Crippen LogP contribution < -0.4 is 10.6 Å². The third-order valence-electron chi connectivity index (χ3n) is 3.40. The highest BCUT2D eigenvalue weighted by Gasteiger charge is 2.07. The summed E-state index contributed by atoms with van der Waals surface area (Å²) < 4.78 is 1.05. The number of hydrogen-bond acceptors (Lipinski definition) is 2. The van der Waals surface area contributed by atoms with Gasteiger partial charge in [-0.1, -0.05) is 33.6 Å². The highest BCUT2D eigenvalue weighted by molar-refractivity contribution is 9.10. The van der Waals surface area contributed by atoms with Gasteiger partial charge in [0.2, 0.25) is 5.91 Å². The van der Waals surface area contributed by atoms with Crippen molar-refractivity contribution in [3.8, 4) is 0 Å². The van der Waals surface area contributed by atoms with E-state index in [9.17, 15) is 4.79 Å². The van der Waals surface area contributed by atoms with Crippen LogP contribution in [0.25, 0.3) is 0 Å². The summed E-state index contributed by atoms with van der Waals surface area (Å²) in [4.78, 5) is 12.0. The first-order valence-electron chi connectivity index (χ1n) is 7.02. The number of anilines is 2. The third kappa shape index (κ3) is 4.49. The van der Waals surface area contributed by atoms with E-state index in [4.69, 9.17) is 11.6 Å². The van der Waals surface area contributed by atoms with Gasteiger partial charge in [0.15, 0.2) is 0 Å². The second kappa shape index (κ2) is 7.65. The van der Waals surface area contributed by atoms with Gasteiger partial charge in [0.1, 0.15) is 0 Å². The topological polar surface area (TPSA) is 41.1 Å².